The van der Waals surface area contributed by atoms with E-state index in [4.69, 9.17) is 24.1 Å². The lowest BCUT2D eigenvalue weighted by molar-refractivity contribution is -0.180. The molecule has 4 rings (SSSR count). The van der Waals surface area contributed by atoms with Crippen molar-refractivity contribution in [1.29, 1.82) is 0 Å². The Morgan fingerprint density at radius 2 is 1.90 bits per heavy atom. The normalized spacial score (nSPS) is 18.1. The van der Waals surface area contributed by atoms with E-state index in [0.29, 0.717) is 44.9 Å². The lowest BCUT2D eigenvalue weighted by Gasteiger charge is -2.32. The van der Waals surface area contributed by atoms with Crippen LogP contribution >= 0.6 is 0 Å². The summed E-state index contributed by atoms with van der Waals surface area (Å²) in [6, 6.07) is 12.2. The maximum atomic E-state index is 12.4. The zero-order valence-electron chi connectivity index (χ0n) is 22.5. The van der Waals surface area contributed by atoms with Crippen LogP contribution in [0.5, 0.6) is 5.75 Å². The summed E-state index contributed by atoms with van der Waals surface area (Å²) in [7, 11) is -3.72. The Morgan fingerprint density at radius 3 is 2.69 bits per heavy atom. The molecular weight excluding hydrogens is 520 g/mol. The quantitative estimate of drug-likeness (QED) is 0.320. The van der Waals surface area contributed by atoms with E-state index in [1.54, 1.807) is 17.0 Å². The number of rotatable bonds is 11. The number of sulfonamides is 1. The average molecular weight is 557 g/mol. The molecule has 0 aromatic heterocycles. The number of primary sulfonamides is 1. The van der Waals surface area contributed by atoms with Crippen LogP contribution in [-0.2, 0) is 30.8 Å². The van der Waals surface area contributed by atoms with Gasteiger partial charge in [0.1, 0.15) is 11.9 Å². The predicted octanol–water partition coefficient (Wildman–Crippen LogP) is 4.49. The van der Waals surface area contributed by atoms with E-state index in [1.807, 2.05) is 32.0 Å². The van der Waals surface area contributed by atoms with Crippen LogP contribution in [0.1, 0.15) is 68.7 Å². The first-order chi connectivity index (χ1) is 18.6. The highest BCUT2D eigenvalue weighted by molar-refractivity contribution is 7.89. The van der Waals surface area contributed by atoms with Crippen molar-refractivity contribution in [2.24, 2.45) is 5.14 Å². The second-order valence-electron chi connectivity index (χ2n) is 10.1. The van der Waals surface area contributed by atoms with Crippen molar-refractivity contribution in [2.45, 2.75) is 69.3 Å². The van der Waals surface area contributed by atoms with Crippen LogP contribution in [0.4, 0.5) is 4.79 Å². The first-order valence-corrected chi connectivity index (χ1v) is 14.8. The number of cyclic esters (lactones) is 1. The Balaban J connectivity index is 1.07. The summed E-state index contributed by atoms with van der Waals surface area (Å²) < 4.78 is 45.7. The number of ether oxygens (including phenoxy) is 4. The molecule has 10 heteroatoms. The SMILES string of the molecule is CC1(C)OCc2cc(C3CN(CCCCOCCCCC#Cc4cccc(S(N)(=O)=O)c4)C(=O)O3)ccc2O1. The first-order valence-electron chi connectivity index (χ1n) is 13.2. The van der Waals surface area contributed by atoms with E-state index in [-0.39, 0.29) is 17.1 Å². The van der Waals surface area contributed by atoms with E-state index < -0.39 is 15.8 Å². The van der Waals surface area contributed by atoms with E-state index in [0.717, 1.165) is 42.6 Å². The number of nitrogens with two attached hydrogens (primary N) is 1. The van der Waals surface area contributed by atoms with Gasteiger partial charge in [0.25, 0.3) is 0 Å². The van der Waals surface area contributed by atoms with Gasteiger partial charge in [-0.25, -0.2) is 18.4 Å². The number of unbranched alkanes of at least 4 members (excludes halogenated alkanes) is 3. The molecule has 1 unspecified atom stereocenters. The van der Waals surface area contributed by atoms with Crippen molar-refractivity contribution in [3.05, 3.63) is 59.2 Å². The Morgan fingerprint density at radius 1 is 1.10 bits per heavy atom. The van der Waals surface area contributed by atoms with Gasteiger partial charge in [0.15, 0.2) is 0 Å². The molecule has 2 aliphatic rings. The number of benzene rings is 2. The third-order valence-electron chi connectivity index (χ3n) is 6.48. The zero-order chi connectivity index (χ0) is 27.9. The minimum Gasteiger partial charge on any atom is -0.463 e. The number of hydrogen-bond acceptors (Lipinski definition) is 7. The Kier molecular flexibility index (Phi) is 9.51. The molecule has 9 nitrogen and oxygen atoms in total. The standard InChI is InChI=1S/C29H36N2O7S/c1-29(2)36-21-24-19-23(13-14-26(24)38-29)27-20-31(28(32)37-27)15-6-8-17-35-16-7-4-3-5-10-22-11-9-12-25(18-22)39(30,33)34/h9,11-14,18-19,27H,3-4,6-8,15-17,20-21H2,1-2H3,(H2,30,33,34). The Bertz CT molecular complexity index is 1330. The van der Waals surface area contributed by atoms with Crippen molar-refractivity contribution in [3.63, 3.8) is 0 Å². The van der Waals surface area contributed by atoms with Crippen LogP contribution < -0.4 is 9.88 Å². The monoisotopic (exact) mass is 556 g/mol. The molecule has 2 heterocycles. The number of amides is 1. The molecule has 0 spiro atoms. The van der Waals surface area contributed by atoms with Crippen molar-refractivity contribution in [3.8, 4) is 17.6 Å². The number of hydrogen-bond donors (Lipinski definition) is 1. The molecule has 39 heavy (non-hydrogen) atoms. The zero-order valence-corrected chi connectivity index (χ0v) is 23.3. The Labute approximate surface area is 230 Å². The predicted molar refractivity (Wildman–Crippen MR) is 145 cm³/mol. The summed E-state index contributed by atoms with van der Waals surface area (Å²) in [5.41, 5.74) is 2.53. The van der Waals surface area contributed by atoms with Gasteiger partial charge >= 0.3 is 6.09 Å². The van der Waals surface area contributed by atoms with Crippen LogP contribution in [-0.4, -0.2) is 51.5 Å². The van der Waals surface area contributed by atoms with Gasteiger partial charge in [-0.3, -0.25) is 0 Å². The molecule has 2 aromatic carbocycles. The lowest BCUT2D eigenvalue weighted by Crippen LogP contribution is -2.35. The van der Waals surface area contributed by atoms with Gasteiger partial charge in [-0.1, -0.05) is 24.0 Å². The lowest BCUT2D eigenvalue weighted by atomic mass is 10.0. The van der Waals surface area contributed by atoms with Crippen LogP contribution in [0.15, 0.2) is 47.4 Å². The van der Waals surface area contributed by atoms with E-state index in [1.165, 1.54) is 12.1 Å². The highest BCUT2D eigenvalue weighted by atomic mass is 32.2. The van der Waals surface area contributed by atoms with Crippen molar-refractivity contribution in [2.75, 3.05) is 26.3 Å². The van der Waals surface area contributed by atoms with Crippen molar-refractivity contribution < 1.29 is 32.2 Å². The van der Waals surface area contributed by atoms with Crippen LogP contribution in [0, 0.1) is 11.8 Å². The molecule has 210 valence electrons. The van der Waals surface area contributed by atoms with Gasteiger partial charge in [0, 0.05) is 51.2 Å². The van der Waals surface area contributed by atoms with Crippen molar-refractivity contribution >= 4 is 16.1 Å². The number of nitrogens with zero attached hydrogens (tertiary/aromatic N) is 1. The molecule has 0 bridgehead atoms. The summed E-state index contributed by atoms with van der Waals surface area (Å²) in [4.78, 5) is 14.2. The maximum Gasteiger partial charge on any atom is 0.410 e. The average Bonchev–Trinajstić information content (AvgIpc) is 3.26. The summed E-state index contributed by atoms with van der Waals surface area (Å²) in [6.45, 7) is 6.68. The van der Waals surface area contributed by atoms with Gasteiger partial charge < -0.3 is 23.8 Å². The molecular formula is C29H36N2O7S. The number of fused-ring (bicyclic) bond motifs is 1. The highest BCUT2D eigenvalue weighted by Gasteiger charge is 2.33. The fourth-order valence-corrected chi connectivity index (χ4v) is 4.92. The molecule has 0 aliphatic carbocycles. The highest BCUT2D eigenvalue weighted by Crippen LogP contribution is 2.35. The molecule has 1 atom stereocenters. The molecule has 2 N–H and O–H groups in total. The minimum absolute atomic E-state index is 0.0638. The number of carbonyl (C=O) groups excluding carboxylic acids is 1. The Hall–Kier alpha value is -3.10. The molecule has 2 aliphatic heterocycles. The minimum atomic E-state index is -3.72. The molecule has 0 radical (unpaired) electrons. The van der Waals surface area contributed by atoms with Crippen LogP contribution in [0.25, 0.3) is 0 Å². The molecule has 1 fully saturated rings. The second-order valence-corrected chi connectivity index (χ2v) is 11.7. The van der Waals surface area contributed by atoms with Crippen LogP contribution in [0.3, 0.4) is 0 Å². The largest absolute Gasteiger partial charge is 0.463 e. The van der Waals surface area contributed by atoms with Gasteiger partial charge in [0.05, 0.1) is 18.0 Å². The van der Waals surface area contributed by atoms with Gasteiger partial charge in [0.2, 0.25) is 15.8 Å². The van der Waals surface area contributed by atoms with Crippen molar-refractivity contribution in [1.82, 2.24) is 4.90 Å². The summed E-state index contributed by atoms with van der Waals surface area (Å²) in [6.07, 6.45) is 3.59. The smallest absolute Gasteiger partial charge is 0.410 e. The molecule has 0 saturated carbocycles. The third-order valence-corrected chi connectivity index (χ3v) is 7.39. The topological polar surface area (TPSA) is 117 Å². The third kappa shape index (κ3) is 8.44. The first kappa shape index (κ1) is 28.9. The summed E-state index contributed by atoms with van der Waals surface area (Å²) >= 11 is 0. The van der Waals surface area contributed by atoms with E-state index >= 15 is 0 Å². The van der Waals surface area contributed by atoms with E-state index in [9.17, 15) is 13.2 Å². The summed E-state index contributed by atoms with van der Waals surface area (Å²) in [5.74, 6) is 6.19. The van der Waals surface area contributed by atoms with Gasteiger partial charge in [-0.05, 0) is 61.6 Å². The molecule has 1 amide bonds. The number of carbonyl (C=O) groups is 1. The molecule has 2 aromatic rings. The van der Waals surface area contributed by atoms with Gasteiger partial charge in [-0.2, -0.15) is 0 Å². The van der Waals surface area contributed by atoms with E-state index in [2.05, 4.69) is 11.8 Å². The van der Waals surface area contributed by atoms with Crippen LogP contribution in [0.2, 0.25) is 0 Å². The summed E-state index contributed by atoms with van der Waals surface area (Å²) in [5, 5.41) is 5.15. The molecule has 1 saturated heterocycles. The fraction of sp³-hybridized carbons (Fsp3) is 0.483. The maximum absolute atomic E-state index is 12.4. The second kappa shape index (κ2) is 12.8. The fourth-order valence-electron chi connectivity index (χ4n) is 4.36. The van der Waals surface area contributed by atoms with Gasteiger partial charge in [-0.15, -0.1) is 0 Å².